The van der Waals surface area contributed by atoms with Crippen molar-refractivity contribution in [2.75, 3.05) is 5.32 Å². The van der Waals surface area contributed by atoms with Gasteiger partial charge >= 0.3 is 6.18 Å². The van der Waals surface area contributed by atoms with Crippen LogP contribution in [0.1, 0.15) is 18.2 Å². The molecule has 3 rings (SSSR count). The van der Waals surface area contributed by atoms with Gasteiger partial charge in [-0.25, -0.2) is 9.97 Å². The van der Waals surface area contributed by atoms with Crippen LogP contribution in [0.2, 0.25) is 0 Å². The summed E-state index contributed by atoms with van der Waals surface area (Å²) in [5.41, 5.74) is 5.33. The molecule has 0 spiro atoms. The molecule has 3 aromatic rings. The molecular formula is C16H13F3N4O2S3. The molecule has 0 aliphatic rings. The van der Waals surface area contributed by atoms with E-state index >= 15 is 0 Å². The summed E-state index contributed by atoms with van der Waals surface area (Å²) in [6.07, 6.45) is -4.46. The summed E-state index contributed by atoms with van der Waals surface area (Å²) in [5, 5.41) is 4.06. The summed E-state index contributed by atoms with van der Waals surface area (Å²) >= 11 is 3.47. The Bertz CT molecular complexity index is 1030. The fourth-order valence-electron chi connectivity index (χ4n) is 2.12. The van der Waals surface area contributed by atoms with Gasteiger partial charge in [-0.1, -0.05) is 23.1 Å². The molecular weight excluding hydrogens is 433 g/mol. The highest BCUT2D eigenvalue weighted by Gasteiger charge is 2.30. The number of thioether (sulfide) groups is 1. The zero-order chi connectivity index (χ0) is 20.5. The number of halogens is 3. The van der Waals surface area contributed by atoms with Gasteiger partial charge < -0.3 is 11.1 Å². The highest BCUT2D eigenvalue weighted by atomic mass is 32.2. The Labute approximate surface area is 169 Å². The number of aromatic nitrogens is 2. The van der Waals surface area contributed by atoms with E-state index in [-0.39, 0.29) is 17.5 Å². The van der Waals surface area contributed by atoms with E-state index in [0.29, 0.717) is 20.3 Å². The Balaban J connectivity index is 1.65. The number of fused-ring (bicyclic) bond motifs is 1. The van der Waals surface area contributed by atoms with Gasteiger partial charge in [0.05, 0.1) is 33.1 Å². The summed E-state index contributed by atoms with van der Waals surface area (Å²) in [4.78, 5) is 31.7. The number of carbonyl (C=O) groups is 2. The van der Waals surface area contributed by atoms with Gasteiger partial charge in [0.25, 0.3) is 0 Å². The number of amides is 2. The van der Waals surface area contributed by atoms with Crippen molar-refractivity contribution in [3.8, 4) is 0 Å². The monoisotopic (exact) mass is 446 g/mol. The van der Waals surface area contributed by atoms with Crippen molar-refractivity contribution in [2.24, 2.45) is 5.73 Å². The molecule has 0 saturated heterocycles. The van der Waals surface area contributed by atoms with Gasteiger partial charge in [0.1, 0.15) is 0 Å². The maximum absolute atomic E-state index is 12.8. The molecule has 6 nitrogen and oxygen atoms in total. The minimum Gasteiger partial charge on any atom is -0.369 e. The first kappa shape index (κ1) is 20.6. The quantitative estimate of drug-likeness (QED) is 0.560. The zero-order valence-corrected chi connectivity index (χ0v) is 16.7. The third-order valence-corrected chi connectivity index (χ3v) is 6.59. The van der Waals surface area contributed by atoms with E-state index in [2.05, 4.69) is 15.3 Å². The van der Waals surface area contributed by atoms with Gasteiger partial charge in [-0.05, 0) is 25.1 Å². The highest BCUT2D eigenvalue weighted by Crippen LogP contribution is 2.34. The Morgan fingerprint density at radius 1 is 1.32 bits per heavy atom. The van der Waals surface area contributed by atoms with Crippen LogP contribution in [0.25, 0.3) is 10.2 Å². The van der Waals surface area contributed by atoms with Crippen LogP contribution < -0.4 is 11.1 Å². The maximum Gasteiger partial charge on any atom is 0.416 e. The van der Waals surface area contributed by atoms with Gasteiger partial charge in [0.15, 0.2) is 9.47 Å². The van der Waals surface area contributed by atoms with E-state index in [9.17, 15) is 22.8 Å². The number of rotatable bonds is 6. The summed E-state index contributed by atoms with van der Waals surface area (Å²) < 4.78 is 39.3. The molecule has 2 aromatic heterocycles. The van der Waals surface area contributed by atoms with Crippen molar-refractivity contribution >= 4 is 61.6 Å². The fraction of sp³-hybridized carbons (Fsp3) is 0.250. The number of alkyl halides is 3. The molecule has 0 aliphatic carbocycles. The summed E-state index contributed by atoms with van der Waals surface area (Å²) in [7, 11) is 0. The molecule has 0 radical (unpaired) electrons. The van der Waals surface area contributed by atoms with Crippen LogP contribution in [0, 0.1) is 0 Å². The maximum atomic E-state index is 12.8. The molecule has 0 fully saturated rings. The van der Waals surface area contributed by atoms with E-state index in [1.165, 1.54) is 29.2 Å². The molecule has 0 saturated carbocycles. The normalized spacial score (nSPS) is 12.9. The van der Waals surface area contributed by atoms with E-state index in [0.717, 1.165) is 23.5 Å². The topological polar surface area (TPSA) is 98.0 Å². The SMILES string of the molecule is CC(Sc1nc(CC(=O)Nc2nc3ccc(C(F)(F)F)cc3s2)cs1)C(N)=O. The number of nitrogens with zero attached hydrogens (tertiary/aromatic N) is 2. The Kier molecular flexibility index (Phi) is 5.91. The number of thiazole rings is 2. The lowest BCUT2D eigenvalue weighted by Crippen LogP contribution is -2.22. The van der Waals surface area contributed by atoms with Crippen molar-refractivity contribution in [3.63, 3.8) is 0 Å². The number of anilines is 1. The van der Waals surface area contributed by atoms with Gasteiger partial charge in [-0.15, -0.1) is 11.3 Å². The largest absolute Gasteiger partial charge is 0.416 e. The van der Waals surface area contributed by atoms with E-state index in [1.54, 1.807) is 12.3 Å². The smallest absolute Gasteiger partial charge is 0.369 e. The molecule has 0 aliphatic heterocycles. The van der Waals surface area contributed by atoms with Crippen molar-refractivity contribution < 1.29 is 22.8 Å². The average Bonchev–Trinajstić information content (AvgIpc) is 3.18. The van der Waals surface area contributed by atoms with Crippen LogP contribution in [0.4, 0.5) is 18.3 Å². The molecule has 0 bridgehead atoms. The van der Waals surface area contributed by atoms with Crippen LogP contribution in [-0.4, -0.2) is 27.0 Å². The highest BCUT2D eigenvalue weighted by molar-refractivity contribution is 8.02. The second kappa shape index (κ2) is 8.05. The molecule has 2 heterocycles. The summed E-state index contributed by atoms with van der Waals surface area (Å²) in [6.45, 7) is 1.66. The third kappa shape index (κ3) is 5.00. The number of hydrogen-bond acceptors (Lipinski definition) is 7. The van der Waals surface area contributed by atoms with Crippen molar-refractivity contribution in [2.45, 2.75) is 29.1 Å². The Hall–Kier alpha value is -2.18. The van der Waals surface area contributed by atoms with Crippen LogP contribution in [-0.2, 0) is 22.2 Å². The van der Waals surface area contributed by atoms with Crippen molar-refractivity contribution in [1.29, 1.82) is 0 Å². The molecule has 1 unspecified atom stereocenters. The minimum atomic E-state index is -4.44. The first-order valence-corrected chi connectivity index (χ1v) is 10.4. The molecule has 12 heteroatoms. The number of benzene rings is 1. The molecule has 1 aromatic carbocycles. The van der Waals surface area contributed by atoms with E-state index < -0.39 is 22.9 Å². The molecule has 2 amide bonds. The fourth-order valence-corrected chi connectivity index (χ4v) is 4.97. The number of primary amides is 1. The van der Waals surface area contributed by atoms with Crippen LogP contribution >= 0.6 is 34.4 Å². The van der Waals surface area contributed by atoms with Gasteiger partial charge in [-0.3, -0.25) is 9.59 Å². The molecule has 3 N–H and O–H groups in total. The number of nitrogens with one attached hydrogen (secondary N) is 1. The molecule has 148 valence electrons. The van der Waals surface area contributed by atoms with E-state index in [4.69, 9.17) is 5.73 Å². The molecule has 28 heavy (non-hydrogen) atoms. The van der Waals surface area contributed by atoms with Crippen LogP contribution in [0.3, 0.4) is 0 Å². The second-order valence-corrected chi connectivity index (χ2v) is 9.17. The van der Waals surface area contributed by atoms with Crippen LogP contribution in [0.15, 0.2) is 27.9 Å². The molecule has 1 atom stereocenters. The second-order valence-electron chi connectivity index (χ2n) is 5.69. The third-order valence-electron chi connectivity index (χ3n) is 3.51. The van der Waals surface area contributed by atoms with Crippen LogP contribution in [0.5, 0.6) is 0 Å². The van der Waals surface area contributed by atoms with E-state index in [1.807, 2.05) is 0 Å². The van der Waals surface area contributed by atoms with Crippen molar-refractivity contribution in [3.05, 3.63) is 34.8 Å². The zero-order valence-electron chi connectivity index (χ0n) is 14.2. The standard InChI is InChI=1S/C16H13F3N4O2S3/c1-7(13(20)25)27-15-21-9(6-26-15)5-12(24)23-14-22-10-3-2-8(16(17,18)19)4-11(10)28-14/h2-4,6-7H,5H2,1H3,(H2,20,25)(H,22,23,24). The number of nitrogens with two attached hydrogens (primary N) is 1. The number of hydrogen-bond donors (Lipinski definition) is 2. The lowest BCUT2D eigenvalue weighted by atomic mass is 10.2. The lowest BCUT2D eigenvalue weighted by molar-refractivity contribution is -0.137. The van der Waals surface area contributed by atoms with Gasteiger partial charge in [0, 0.05) is 5.38 Å². The van der Waals surface area contributed by atoms with Crippen molar-refractivity contribution in [1.82, 2.24) is 9.97 Å². The Morgan fingerprint density at radius 3 is 2.75 bits per heavy atom. The Morgan fingerprint density at radius 2 is 2.07 bits per heavy atom. The summed E-state index contributed by atoms with van der Waals surface area (Å²) in [5.74, 6) is -0.844. The average molecular weight is 447 g/mol. The number of carbonyl (C=O) groups excluding carboxylic acids is 2. The first-order chi connectivity index (χ1) is 13.1. The predicted octanol–water partition coefficient (Wildman–Crippen LogP) is 3.92. The van der Waals surface area contributed by atoms with Gasteiger partial charge in [0.2, 0.25) is 11.8 Å². The summed E-state index contributed by atoms with van der Waals surface area (Å²) in [6, 6.07) is 3.23. The lowest BCUT2D eigenvalue weighted by Gasteiger charge is -2.04. The predicted molar refractivity (Wildman–Crippen MR) is 104 cm³/mol. The minimum absolute atomic E-state index is 0.0221. The first-order valence-electron chi connectivity index (χ1n) is 7.80. The van der Waals surface area contributed by atoms with Gasteiger partial charge in [-0.2, -0.15) is 13.2 Å².